The van der Waals surface area contributed by atoms with Crippen LogP contribution in [0.3, 0.4) is 0 Å². The van der Waals surface area contributed by atoms with Crippen LogP contribution in [0.15, 0.2) is 0 Å². The summed E-state index contributed by atoms with van der Waals surface area (Å²) in [5.74, 6) is -1.09. The summed E-state index contributed by atoms with van der Waals surface area (Å²) in [5, 5.41) is 7.89. The normalized spacial score (nSPS) is 20.1. The third kappa shape index (κ3) is 5.87. The van der Waals surface area contributed by atoms with Crippen molar-refractivity contribution in [3.63, 3.8) is 0 Å². The minimum atomic E-state index is -4.04. The third-order valence-corrected chi connectivity index (χ3v) is 6.74. The molecule has 0 unspecified atom stereocenters. The second kappa shape index (κ2) is 5.76. The molecule has 0 bridgehead atoms. The number of nitrogens with one attached hydrogen (secondary N) is 1. The fraction of sp³-hybridized carbons (Fsp3) is 0.900. The molecule has 1 fully saturated rings. The van der Waals surface area contributed by atoms with Crippen LogP contribution in [0.25, 0.3) is 0 Å². The number of carboxylic acids is 1. The summed E-state index contributed by atoms with van der Waals surface area (Å²) in [6.45, 7) is 0. The molecule has 1 aliphatic carbocycles. The molecule has 7 nitrogen and oxygen atoms in total. The van der Waals surface area contributed by atoms with Crippen LogP contribution in [0.1, 0.15) is 38.5 Å². The number of sulfone groups is 1. The number of hydrogen-bond donors (Lipinski definition) is 2. The lowest BCUT2D eigenvalue weighted by Gasteiger charge is -2.36. The predicted octanol–water partition coefficient (Wildman–Crippen LogP) is 0.0855. The molecule has 9 heteroatoms. The fourth-order valence-electron chi connectivity index (χ4n) is 2.47. The first-order valence-corrected chi connectivity index (χ1v) is 9.66. The molecule has 1 aliphatic rings. The van der Waals surface area contributed by atoms with Gasteiger partial charge in [0.1, 0.15) is 0 Å². The van der Waals surface area contributed by atoms with Gasteiger partial charge in [0.15, 0.2) is 14.9 Å². The van der Waals surface area contributed by atoms with Crippen LogP contribution in [0.4, 0.5) is 0 Å². The Morgan fingerprint density at radius 3 is 2.11 bits per heavy atom. The average Bonchev–Trinajstić information content (AvgIpc) is 2.11. The van der Waals surface area contributed by atoms with Gasteiger partial charge in [-0.3, -0.25) is 4.79 Å². The van der Waals surface area contributed by atoms with E-state index in [9.17, 15) is 21.6 Å². The Morgan fingerprint density at radius 2 is 1.68 bits per heavy atom. The van der Waals surface area contributed by atoms with Crippen LogP contribution in [0.5, 0.6) is 0 Å². The third-order valence-electron chi connectivity index (χ3n) is 3.04. The Hall–Kier alpha value is -0.670. The lowest BCUT2D eigenvalue weighted by molar-refractivity contribution is -0.138. The molecule has 0 saturated heterocycles. The standard InChI is InChI=1S/C10H19NO6S2/c1-18(14,15)8-19(16,17)11-10(7-9(12)13)5-3-2-4-6-10/h11H,2-8H2,1H3,(H,12,13). The average molecular weight is 313 g/mol. The van der Waals surface area contributed by atoms with E-state index in [4.69, 9.17) is 5.11 Å². The number of aliphatic carboxylic acids is 1. The van der Waals surface area contributed by atoms with E-state index in [2.05, 4.69) is 4.72 Å². The number of carbonyl (C=O) groups is 1. The minimum absolute atomic E-state index is 0.323. The highest BCUT2D eigenvalue weighted by Crippen LogP contribution is 2.32. The molecule has 112 valence electrons. The molecule has 0 radical (unpaired) electrons. The summed E-state index contributed by atoms with van der Waals surface area (Å²) in [5.41, 5.74) is -1.05. The first-order chi connectivity index (χ1) is 8.54. The summed E-state index contributed by atoms with van der Waals surface area (Å²) < 4.78 is 48.1. The van der Waals surface area contributed by atoms with Crippen molar-refractivity contribution in [2.75, 3.05) is 11.3 Å². The monoisotopic (exact) mass is 313 g/mol. The lowest BCUT2D eigenvalue weighted by atomic mass is 9.80. The van der Waals surface area contributed by atoms with E-state index in [1.54, 1.807) is 0 Å². The summed E-state index contributed by atoms with van der Waals surface area (Å²) in [7, 11) is -7.73. The van der Waals surface area contributed by atoms with Crippen molar-refractivity contribution in [3.8, 4) is 0 Å². The molecule has 0 aliphatic heterocycles. The van der Waals surface area contributed by atoms with Gasteiger partial charge in [-0.1, -0.05) is 19.3 Å². The van der Waals surface area contributed by atoms with Crippen molar-refractivity contribution < 1.29 is 26.7 Å². The summed E-state index contributed by atoms with van der Waals surface area (Å²) in [6, 6.07) is 0. The zero-order valence-corrected chi connectivity index (χ0v) is 12.4. The van der Waals surface area contributed by atoms with Crippen molar-refractivity contribution >= 4 is 25.8 Å². The van der Waals surface area contributed by atoms with E-state index in [1.807, 2.05) is 0 Å². The van der Waals surface area contributed by atoms with E-state index in [1.165, 1.54) is 0 Å². The van der Waals surface area contributed by atoms with Crippen LogP contribution in [0, 0.1) is 0 Å². The first kappa shape index (κ1) is 16.4. The van der Waals surface area contributed by atoms with Gasteiger partial charge in [-0.25, -0.2) is 21.6 Å². The van der Waals surface area contributed by atoms with Gasteiger partial charge in [-0.2, -0.15) is 0 Å². The van der Waals surface area contributed by atoms with E-state index >= 15 is 0 Å². The van der Waals surface area contributed by atoms with Crippen molar-refractivity contribution in [3.05, 3.63) is 0 Å². The van der Waals surface area contributed by atoms with Crippen LogP contribution in [0.2, 0.25) is 0 Å². The maximum absolute atomic E-state index is 11.8. The molecule has 0 heterocycles. The van der Waals surface area contributed by atoms with E-state index in [0.29, 0.717) is 12.8 Å². The summed E-state index contributed by atoms with van der Waals surface area (Å²) >= 11 is 0. The van der Waals surface area contributed by atoms with Gasteiger partial charge in [-0.15, -0.1) is 0 Å². The maximum atomic E-state index is 11.8. The smallest absolute Gasteiger partial charge is 0.305 e. The van der Waals surface area contributed by atoms with Crippen LogP contribution in [-0.4, -0.2) is 44.8 Å². The highest BCUT2D eigenvalue weighted by Gasteiger charge is 2.38. The Bertz CT molecular complexity index is 530. The van der Waals surface area contributed by atoms with Gasteiger partial charge in [0.05, 0.1) is 6.42 Å². The zero-order valence-electron chi connectivity index (χ0n) is 10.8. The zero-order chi connectivity index (χ0) is 14.7. The van der Waals surface area contributed by atoms with Crippen LogP contribution in [-0.2, 0) is 24.7 Å². The quantitative estimate of drug-likeness (QED) is 0.717. The minimum Gasteiger partial charge on any atom is -0.481 e. The number of sulfonamides is 1. The van der Waals surface area contributed by atoms with Crippen molar-refractivity contribution in [2.24, 2.45) is 0 Å². The Balaban J connectivity index is 2.91. The predicted molar refractivity (Wildman–Crippen MR) is 69.8 cm³/mol. The van der Waals surface area contributed by atoms with E-state index in [0.717, 1.165) is 25.5 Å². The van der Waals surface area contributed by atoms with Crippen LogP contribution < -0.4 is 4.72 Å². The van der Waals surface area contributed by atoms with Gasteiger partial charge >= 0.3 is 5.97 Å². The van der Waals surface area contributed by atoms with Gasteiger partial charge in [0.25, 0.3) is 0 Å². The Labute approximate surface area is 113 Å². The molecular formula is C10H19NO6S2. The molecule has 2 N–H and O–H groups in total. The van der Waals surface area contributed by atoms with Gasteiger partial charge in [0, 0.05) is 11.8 Å². The fourth-order valence-corrected chi connectivity index (χ4v) is 5.90. The molecule has 0 amide bonds. The SMILES string of the molecule is CS(=O)(=O)CS(=O)(=O)NC1(CC(=O)O)CCCCC1. The number of hydrogen-bond acceptors (Lipinski definition) is 5. The molecule has 0 atom stereocenters. The summed E-state index contributed by atoms with van der Waals surface area (Å²) in [4.78, 5) is 10.9. The molecular weight excluding hydrogens is 294 g/mol. The molecule has 0 aromatic carbocycles. The first-order valence-electron chi connectivity index (χ1n) is 5.95. The highest BCUT2D eigenvalue weighted by molar-refractivity contribution is 8.06. The van der Waals surface area contributed by atoms with Gasteiger partial charge in [0.2, 0.25) is 10.0 Å². The van der Waals surface area contributed by atoms with Crippen molar-refractivity contribution in [1.82, 2.24) is 4.72 Å². The Kier molecular flexibility index (Phi) is 4.97. The van der Waals surface area contributed by atoms with E-state index in [-0.39, 0.29) is 6.42 Å². The van der Waals surface area contributed by atoms with Crippen molar-refractivity contribution in [2.45, 2.75) is 44.1 Å². The van der Waals surface area contributed by atoms with Gasteiger partial charge < -0.3 is 5.11 Å². The molecule has 1 saturated carbocycles. The van der Waals surface area contributed by atoms with Crippen molar-refractivity contribution in [1.29, 1.82) is 0 Å². The second-order valence-electron chi connectivity index (χ2n) is 5.17. The molecule has 0 spiro atoms. The number of carboxylic acid groups (broad SMARTS) is 1. The topological polar surface area (TPSA) is 118 Å². The Morgan fingerprint density at radius 1 is 1.16 bits per heavy atom. The van der Waals surface area contributed by atoms with Crippen LogP contribution >= 0.6 is 0 Å². The van der Waals surface area contributed by atoms with Gasteiger partial charge in [-0.05, 0) is 12.8 Å². The maximum Gasteiger partial charge on any atom is 0.305 e. The largest absolute Gasteiger partial charge is 0.481 e. The second-order valence-corrected chi connectivity index (χ2v) is 9.40. The molecule has 0 aromatic rings. The highest BCUT2D eigenvalue weighted by atomic mass is 32.3. The molecule has 19 heavy (non-hydrogen) atoms. The summed E-state index contributed by atoms with van der Waals surface area (Å²) in [6.07, 6.45) is 3.73. The van der Waals surface area contributed by atoms with E-state index < -0.39 is 36.5 Å². The number of rotatable bonds is 6. The lowest BCUT2D eigenvalue weighted by Crippen LogP contribution is -2.52. The molecule has 0 aromatic heterocycles. The molecule has 1 rings (SSSR count).